The largest absolute Gasteiger partial charge is 0.381 e. The van der Waals surface area contributed by atoms with Crippen molar-refractivity contribution >= 4 is 5.91 Å². The number of hydrogen-bond acceptors (Lipinski definition) is 3. The van der Waals surface area contributed by atoms with Gasteiger partial charge in [0.2, 0.25) is 5.91 Å². The smallest absolute Gasteiger partial charge is 0.220 e. The van der Waals surface area contributed by atoms with Gasteiger partial charge >= 0.3 is 0 Å². The minimum Gasteiger partial charge on any atom is -0.381 e. The van der Waals surface area contributed by atoms with Gasteiger partial charge in [-0.05, 0) is 50.9 Å². The maximum absolute atomic E-state index is 11.9. The summed E-state index contributed by atoms with van der Waals surface area (Å²) in [6.07, 6.45) is 8.11. The SMILES string of the molecule is NC1CCC(NC(=O)CCC2CCOCC2)CC1. The third kappa shape index (κ3) is 4.58. The van der Waals surface area contributed by atoms with E-state index in [1.165, 1.54) is 0 Å². The molecule has 0 aromatic carbocycles. The van der Waals surface area contributed by atoms with Crippen LogP contribution >= 0.6 is 0 Å². The first-order valence-electron chi connectivity index (χ1n) is 7.36. The Morgan fingerprint density at radius 1 is 1.11 bits per heavy atom. The summed E-state index contributed by atoms with van der Waals surface area (Å²) in [6, 6.07) is 0.715. The van der Waals surface area contributed by atoms with Gasteiger partial charge in [-0.2, -0.15) is 0 Å². The topological polar surface area (TPSA) is 64.3 Å². The predicted octanol–water partition coefficient (Wildman–Crippen LogP) is 1.58. The van der Waals surface area contributed by atoms with Gasteiger partial charge in [-0.25, -0.2) is 0 Å². The standard InChI is InChI=1S/C14H26N2O2/c15-12-2-4-13(5-3-12)16-14(17)6-1-11-7-9-18-10-8-11/h11-13H,1-10,15H2,(H,16,17). The molecule has 1 saturated heterocycles. The number of carbonyl (C=O) groups excluding carboxylic acids is 1. The van der Waals surface area contributed by atoms with E-state index in [-0.39, 0.29) is 5.91 Å². The van der Waals surface area contributed by atoms with Gasteiger partial charge in [0.25, 0.3) is 0 Å². The van der Waals surface area contributed by atoms with Crippen LogP contribution in [0.4, 0.5) is 0 Å². The maximum Gasteiger partial charge on any atom is 0.220 e. The second-order valence-electron chi connectivity index (χ2n) is 5.77. The lowest BCUT2D eigenvalue weighted by Crippen LogP contribution is -2.40. The fourth-order valence-electron chi connectivity index (χ4n) is 2.93. The number of carbonyl (C=O) groups is 1. The summed E-state index contributed by atoms with van der Waals surface area (Å²) in [6.45, 7) is 1.74. The zero-order valence-electron chi connectivity index (χ0n) is 11.2. The molecule has 104 valence electrons. The molecule has 4 nitrogen and oxygen atoms in total. The molecule has 0 spiro atoms. The summed E-state index contributed by atoms with van der Waals surface area (Å²) in [5.74, 6) is 0.909. The van der Waals surface area contributed by atoms with E-state index < -0.39 is 0 Å². The number of nitrogens with two attached hydrogens (primary N) is 1. The molecule has 0 unspecified atom stereocenters. The second kappa shape index (κ2) is 7.10. The maximum atomic E-state index is 11.9. The quantitative estimate of drug-likeness (QED) is 0.800. The molecule has 1 heterocycles. The van der Waals surface area contributed by atoms with Crippen LogP contribution in [0.1, 0.15) is 51.4 Å². The molecule has 0 radical (unpaired) electrons. The summed E-state index contributed by atoms with van der Waals surface area (Å²) in [5, 5.41) is 3.15. The van der Waals surface area contributed by atoms with Crippen molar-refractivity contribution in [3.8, 4) is 0 Å². The van der Waals surface area contributed by atoms with Crippen LogP contribution < -0.4 is 11.1 Å². The zero-order chi connectivity index (χ0) is 12.8. The van der Waals surface area contributed by atoms with Gasteiger partial charge in [0.05, 0.1) is 0 Å². The Hall–Kier alpha value is -0.610. The lowest BCUT2D eigenvalue weighted by Gasteiger charge is -2.27. The minimum atomic E-state index is 0.224. The third-order valence-electron chi connectivity index (χ3n) is 4.26. The molecule has 18 heavy (non-hydrogen) atoms. The highest BCUT2D eigenvalue weighted by Crippen LogP contribution is 2.21. The zero-order valence-corrected chi connectivity index (χ0v) is 11.2. The lowest BCUT2D eigenvalue weighted by molar-refractivity contribution is -0.122. The molecule has 2 aliphatic rings. The van der Waals surface area contributed by atoms with E-state index in [4.69, 9.17) is 10.5 Å². The number of nitrogens with one attached hydrogen (secondary N) is 1. The molecule has 0 aromatic rings. The monoisotopic (exact) mass is 254 g/mol. The van der Waals surface area contributed by atoms with Crippen LogP contribution in [-0.2, 0) is 9.53 Å². The van der Waals surface area contributed by atoms with Gasteiger partial charge < -0.3 is 15.8 Å². The van der Waals surface area contributed by atoms with Gasteiger partial charge in [0, 0.05) is 31.7 Å². The fourth-order valence-corrected chi connectivity index (χ4v) is 2.93. The van der Waals surface area contributed by atoms with Crippen molar-refractivity contribution in [1.29, 1.82) is 0 Å². The van der Waals surface area contributed by atoms with E-state index in [9.17, 15) is 4.79 Å². The Balaban J connectivity index is 1.59. The molecule has 0 bridgehead atoms. The minimum absolute atomic E-state index is 0.224. The Labute approximate surface area is 110 Å². The molecule has 1 saturated carbocycles. The van der Waals surface area contributed by atoms with Crippen LogP contribution in [0.2, 0.25) is 0 Å². The van der Waals surface area contributed by atoms with Gasteiger partial charge in [0.1, 0.15) is 0 Å². The van der Waals surface area contributed by atoms with E-state index in [1.54, 1.807) is 0 Å². The van der Waals surface area contributed by atoms with Crippen molar-refractivity contribution in [1.82, 2.24) is 5.32 Å². The number of hydrogen-bond donors (Lipinski definition) is 2. The van der Waals surface area contributed by atoms with Crippen molar-refractivity contribution in [3.05, 3.63) is 0 Å². The van der Waals surface area contributed by atoms with Crippen molar-refractivity contribution < 1.29 is 9.53 Å². The molecule has 0 atom stereocenters. The van der Waals surface area contributed by atoms with E-state index in [0.717, 1.165) is 58.2 Å². The van der Waals surface area contributed by atoms with Crippen LogP contribution in [0.5, 0.6) is 0 Å². The van der Waals surface area contributed by atoms with E-state index in [2.05, 4.69) is 5.32 Å². The van der Waals surface area contributed by atoms with Crippen molar-refractivity contribution in [2.45, 2.75) is 63.5 Å². The average Bonchev–Trinajstić information content (AvgIpc) is 2.40. The van der Waals surface area contributed by atoms with Gasteiger partial charge in [-0.3, -0.25) is 4.79 Å². The molecule has 1 aliphatic carbocycles. The summed E-state index contributed by atoms with van der Waals surface area (Å²) in [4.78, 5) is 11.9. The van der Waals surface area contributed by atoms with E-state index in [1.807, 2.05) is 0 Å². The Morgan fingerprint density at radius 3 is 2.44 bits per heavy atom. The molecule has 0 aromatic heterocycles. The van der Waals surface area contributed by atoms with Crippen molar-refractivity contribution in [2.75, 3.05) is 13.2 Å². The van der Waals surface area contributed by atoms with E-state index in [0.29, 0.717) is 24.4 Å². The van der Waals surface area contributed by atoms with Crippen LogP contribution in [-0.4, -0.2) is 31.2 Å². The average molecular weight is 254 g/mol. The summed E-state index contributed by atoms with van der Waals surface area (Å²) in [7, 11) is 0. The van der Waals surface area contributed by atoms with Crippen molar-refractivity contribution in [3.63, 3.8) is 0 Å². The molecule has 1 amide bonds. The second-order valence-corrected chi connectivity index (χ2v) is 5.77. The Bertz CT molecular complexity index is 257. The van der Waals surface area contributed by atoms with Gasteiger partial charge in [0.15, 0.2) is 0 Å². The lowest BCUT2D eigenvalue weighted by atomic mass is 9.91. The van der Waals surface area contributed by atoms with Gasteiger partial charge in [-0.15, -0.1) is 0 Å². The molecule has 2 fully saturated rings. The summed E-state index contributed by atoms with van der Waals surface area (Å²) in [5.41, 5.74) is 5.86. The number of ether oxygens (including phenoxy) is 1. The molecule has 2 rings (SSSR count). The van der Waals surface area contributed by atoms with Crippen LogP contribution in [0.3, 0.4) is 0 Å². The Kier molecular flexibility index (Phi) is 5.45. The molecule has 4 heteroatoms. The first-order chi connectivity index (χ1) is 8.74. The fraction of sp³-hybridized carbons (Fsp3) is 0.929. The van der Waals surface area contributed by atoms with E-state index >= 15 is 0 Å². The van der Waals surface area contributed by atoms with Crippen molar-refractivity contribution in [2.24, 2.45) is 11.7 Å². The first-order valence-corrected chi connectivity index (χ1v) is 7.36. The molecular formula is C14H26N2O2. The third-order valence-corrected chi connectivity index (χ3v) is 4.26. The predicted molar refractivity (Wildman–Crippen MR) is 71.2 cm³/mol. The number of rotatable bonds is 4. The van der Waals surface area contributed by atoms with Crippen LogP contribution in [0.15, 0.2) is 0 Å². The number of amides is 1. The normalized spacial score (nSPS) is 30.1. The Morgan fingerprint density at radius 2 is 1.78 bits per heavy atom. The molecular weight excluding hydrogens is 228 g/mol. The molecule has 3 N–H and O–H groups in total. The highest BCUT2D eigenvalue weighted by molar-refractivity contribution is 5.76. The highest BCUT2D eigenvalue weighted by Gasteiger charge is 2.21. The molecule has 1 aliphatic heterocycles. The first kappa shape index (κ1) is 13.8. The van der Waals surface area contributed by atoms with Gasteiger partial charge in [-0.1, -0.05) is 0 Å². The van der Waals surface area contributed by atoms with Crippen LogP contribution in [0.25, 0.3) is 0 Å². The van der Waals surface area contributed by atoms with Crippen LogP contribution in [0, 0.1) is 5.92 Å². The highest BCUT2D eigenvalue weighted by atomic mass is 16.5. The summed E-state index contributed by atoms with van der Waals surface area (Å²) < 4.78 is 5.33. The summed E-state index contributed by atoms with van der Waals surface area (Å²) >= 11 is 0.